The van der Waals surface area contributed by atoms with Crippen molar-refractivity contribution >= 4 is 52.6 Å². The molecule has 168 valence electrons. The van der Waals surface area contributed by atoms with Crippen molar-refractivity contribution in [3.8, 4) is 0 Å². The van der Waals surface area contributed by atoms with Crippen LogP contribution in [-0.4, -0.2) is 82.9 Å². The highest BCUT2D eigenvalue weighted by Gasteiger charge is 2.56. The van der Waals surface area contributed by atoms with Gasteiger partial charge in [0.25, 0.3) is 0 Å². The van der Waals surface area contributed by atoms with Gasteiger partial charge in [-0.1, -0.05) is 35.8 Å². The van der Waals surface area contributed by atoms with Crippen molar-refractivity contribution in [2.24, 2.45) is 0 Å². The second kappa shape index (κ2) is 9.79. The Bertz CT molecular complexity index is 1060. The number of amides is 2. The van der Waals surface area contributed by atoms with Gasteiger partial charge in [0.15, 0.2) is 10.4 Å². The molecular formula is C17H18N8O4S3. The van der Waals surface area contributed by atoms with E-state index >= 15 is 0 Å². The van der Waals surface area contributed by atoms with E-state index in [4.69, 9.17) is 4.74 Å². The Labute approximate surface area is 194 Å². The first-order chi connectivity index (χ1) is 15.5. The molecule has 4 rings (SSSR count). The predicted octanol–water partition coefficient (Wildman–Crippen LogP) is 0.00692. The van der Waals surface area contributed by atoms with Crippen LogP contribution in [0.1, 0.15) is 5.01 Å². The van der Waals surface area contributed by atoms with E-state index in [2.05, 4.69) is 37.6 Å². The highest BCUT2D eigenvalue weighted by molar-refractivity contribution is 8.03. The molecule has 0 saturated carbocycles. The van der Waals surface area contributed by atoms with Crippen LogP contribution in [0, 0.1) is 6.92 Å². The van der Waals surface area contributed by atoms with E-state index in [0.29, 0.717) is 5.75 Å². The zero-order valence-electron chi connectivity index (χ0n) is 16.8. The van der Waals surface area contributed by atoms with Crippen LogP contribution in [0.5, 0.6) is 0 Å². The number of thioether (sulfide) groups is 2. The molecule has 1 N–H and O–H groups in total. The zero-order valence-corrected chi connectivity index (χ0v) is 19.2. The minimum atomic E-state index is -0.872. The molecule has 12 nitrogen and oxygen atoms in total. The van der Waals surface area contributed by atoms with E-state index in [1.165, 1.54) is 56.8 Å². The summed E-state index contributed by atoms with van der Waals surface area (Å²) >= 11 is 4.27. The van der Waals surface area contributed by atoms with E-state index in [1.54, 1.807) is 0 Å². The molecule has 2 aliphatic heterocycles. The summed E-state index contributed by atoms with van der Waals surface area (Å²) in [6.07, 6.45) is 2.77. The number of carbonyl (C=O) groups excluding carboxylic acids is 3. The molecule has 1 fully saturated rings. The maximum Gasteiger partial charge on any atom is 0.333 e. The molecule has 4 heterocycles. The monoisotopic (exact) mass is 494 g/mol. The fourth-order valence-electron chi connectivity index (χ4n) is 3.14. The Morgan fingerprint density at radius 1 is 1.41 bits per heavy atom. The number of aryl methyl sites for hydroxylation is 1. The molecule has 0 radical (unpaired) electrons. The minimum absolute atomic E-state index is 0.0390. The summed E-state index contributed by atoms with van der Waals surface area (Å²) < 4.78 is 7.28. The van der Waals surface area contributed by atoms with E-state index in [0.717, 1.165) is 14.9 Å². The van der Waals surface area contributed by atoms with Crippen LogP contribution >= 0.6 is 34.9 Å². The molecule has 0 bridgehead atoms. The maximum absolute atomic E-state index is 12.9. The van der Waals surface area contributed by atoms with Crippen LogP contribution < -0.4 is 5.32 Å². The Balaban J connectivity index is 1.46. The molecule has 0 aromatic carbocycles. The van der Waals surface area contributed by atoms with Gasteiger partial charge in [-0.15, -0.1) is 27.1 Å². The van der Waals surface area contributed by atoms with Crippen molar-refractivity contribution in [3.05, 3.63) is 35.0 Å². The van der Waals surface area contributed by atoms with Gasteiger partial charge in [-0.3, -0.25) is 9.59 Å². The zero-order chi connectivity index (χ0) is 22.7. The van der Waals surface area contributed by atoms with E-state index < -0.39 is 29.3 Å². The average Bonchev–Trinajstić information content (AvgIpc) is 3.45. The number of ether oxygens (including phenoxy) is 1. The molecular weight excluding hydrogens is 476 g/mol. The van der Waals surface area contributed by atoms with Gasteiger partial charge >= 0.3 is 5.97 Å². The molecule has 0 spiro atoms. The third kappa shape index (κ3) is 4.68. The minimum Gasteiger partial charge on any atom is -0.460 e. The van der Waals surface area contributed by atoms with Crippen LogP contribution in [0.15, 0.2) is 34.3 Å². The first-order valence-electron chi connectivity index (χ1n) is 9.35. The Kier molecular flexibility index (Phi) is 6.86. The third-order valence-electron chi connectivity index (χ3n) is 4.52. The molecule has 2 aliphatic rings. The molecule has 2 unspecified atom stereocenters. The molecule has 15 heteroatoms. The number of β-lactam (4-membered cyclic amide) rings is 1. The van der Waals surface area contributed by atoms with Crippen molar-refractivity contribution in [2.45, 2.75) is 35.3 Å². The van der Waals surface area contributed by atoms with Crippen molar-refractivity contribution in [1.29, 1.82) is 0 Å². The number of hydrogen-bond acceptors (Lipinski definition) is 12. The fraction of sp³-hybridized carbons (Fsp3) is 0.412. The highest BCUT2D eigenvalue weighted by atomic mass is 32.2. The van der Waals surface area contributed by atoms with Gasteiger partial charge in [-0.2, -0.15) is 0 Å². The molecule has 3 atom stereocenters. The molecule has 2 amide bonds. The van der Waals surface area contributed by atoms with Crippen molar-refractivity contribution in [2.75, 3.05) is 12.4 Å². The number of carbonyl (C=O) groups is 3. The van der Waals surface area contributed by atoms with Gasteiger partial charge < -0.3 is 15.0 Å². The van der Waals surface area contributed by atoms with Crippen LogP contribution in [0.2, 0.25) is 0 Å². The average molecular weight is 495 g/mol. The lowest BCUT2D eigenvalue weighted by Gasteiger charge is -2.51. The third-order valence-corrected chi connectivity index (χ3v) is 7.78. The Morgan fingerprint density at radius 2 is 2.25 bits per heavy atom. The lowest BCUT2D eigenvalue weighted by molar-refractivity contribution is -0.162. The van der Waals surface area contributed by atoms with E-state index in [1.807, 2.05) is 12.3 Å². The number of nitrogens with one attached hydrogen (secondary N) is 1. The van der Waals surface area contributed by atoms with Crippen LogP contribution in [0.3, 0.4) is 0 Å². The van der Waals surface area contributed by atoms with E-state index in [-0.39, 0.29) is 19.1 Å². The van der Waals surface area contributed by atoms with Gasteiger partial charge in [-0.05, 0) is 28.3 Å². The van der Waals surface area contributed by atoms with Crippen LogP contribution in [-0.2, 0) is 25.7 Å². The summed E-state index contributed by atoms with van der Waals surface area (Å²) in [7, 11) is 0. The first kappa shape index (κ1) is 22.4. The number of esters is 1. The first-order valence-corrected chi connectivity index (χ1v) is 12.1. The largest absolute Gasteiger partial charge is 0.460 e. The molecule has 2 aromatic rings. The number of aromatic nitrogens is 6. The smallest absolute Gasteiger partial charge is 0.333 e. The summed E-state index contributed by atoms with van der Waals surface area (Å²) in [5, 5.41) is 23.6. The van der Waals surface area contributed by atoms with Crippen LogP contribution in [0.25, 0.3) is 0 Å². The second-order valence-corrected chi connectivity index (χ2v) is 10.1. The molecule has 1 saturated heterocycles. The standard InChI is InChI=1S/C17H18N8O4S3/c1-3-4-29-16(28)13-10(7-31-17-21-20-9(2)32-17)6-30-15-12(14(27)25(13)15)19-11(26)5-24-8-18-22-23-24/h3,6,8,12-13,15H,1,4-5,7H2,2H3,(H,19,26)/t12?,13?,15-/m0/s1. The van der Waals surface area contributed by atoms with Crippen molar-refractivity contribution in [1.82, 2.24) is 40.6 Å². The van der Waals surface area contributed by atoms with Gasteiger partial charge in [-0.25, -0.2) is 9.48 Å². The summed E-state index contributed by atoms with van der Waals surface area (Å²) in [6.45, 7) is 5.35. The number of nitrogens with zero attached hydrogens (tertiary/aromatic N) is 7. The second-order valence-electron chi connectivity index (χ2n) is 6.71. The lowest BCUT2D eigenvalue weighted by atomic mass is 9.98. The summed E-state index contributed by atoms with van der Waals surface area (Å²) in [5.41, 5.74) is 0.727. The topological polar surface area (TPSA) is 145 Å². The number of rotatable bonds is 9. The SMILES string of the molecule is C=CCOC(=O)C1C(CSc2nnc(C)s2)=CS[C@H]2C(NC(=O)Cn3cnnn3)C(=O)N12. The van der Waals surface area contributed by atoms with Gasteiger partial charge in [0.05, 0.1) is 0 Å². The number of hydrogen-bond donors (Lipinski definition) is 1. The summed E-state index contributed by atoms with van der Waals surface area (Å²) in [6, 6.07) is -1.63. The number of fused-ring (bicyclic) bond motifs is 1. The quantitative estimate of drug-likeness (QED) is 0.218. The summed E-state index contributed by atoms with van der Waals surface area (Å²) in [5.74, 6) is -0.848. The fourth-order valence-corrected chi connectivity index (χ4v) is 6.29. The van der Waals surface area contributed by atoms with Gasteiger partial charge in [0, 0.05) is 5.75 Å². The predicted molar refractivity (Wildman–Crippen MR) is 116 cm³/mol. The molecule has 0 aliphatic carbocycles. The molecule has 2 aromatic heterocycles. The number of tetrazole rings is 1. The van der Waals surface area contributed by atoms with E-state index in [9.17, 15) is 14.4 Å². The van der Waals surface area contributed by atoms with Crippen LogP contribution in [0.4, 0.5) is 0 Å². The van der Waals surface area contributed by atoms with Crippen molar-refractivity contribution < 1.29 is 19.1 Å². The molecule has 32 heavy (non-hydrogen) atoms. The maximum atomic E-state index is 12.9. The Morgan fingerprint density at radius 3 is 2.94 bits per heavy atom. The highest BCUT2D eigenvalue weighted by Crippen LogP contribution is 2.41. The van der Waals surface area contributed by atoms with Gasteiger partial charge in [0.1, 0.15) is 35.9 Å². The van der Waals surface area contributed by atoms with Crippen molar-refractivity contribution in [3.63, 3.8) is 0 Å². The summed E-state index contributed by atoms with van der Waals surface area (Å²) in [4.78, 5) is 39.4. The van der Waals surface area contributed by atoms with Gasteiger partial charge in [0.2, 0.25) is 11.8 Å². The lowest BCUT2D eigenvalue weighted by Crippen LogP contribution is -2.74. The Hall–Kier alpha value is -2.78. The normalized spacial score (nSPS) is 21.9.